The Hall–Kier alpha value is -3.91. The molecule has 156 valence electrons. The van der Waals surface area contributed by atoms with Crippen molar-refractivity contribution in [1.82, 2.24) is 4.90 Å². The Morgan fingerprint density at radius 1 is 1.23 bits per heavy atom. The maximum Gasteiger partial charge on any atom is 0.269 e. The predicted octanol–water partition coefficient (Wildman–Crippen LogP) is 4.46. The van der Waals surface area contributed by atoms with Gasteiger partial charge in [-0.25, -0.2) is 0 Å². The van der Waals surface area contributed by atoms with Crippen LogP contribution in [-0.2, 0) is 13.1 Å². The van der Waals surface area contributed by atoms with Gasteiger partial charge in [-0.05, 0) is 54.5 Å². The van der Waals surface area contributed by atoms with Crippen LogP contribution in [0.2, 0.25) is 0 Å². The van der Waals surface area contributed by atoms with Crippen molar-refractivity contribution in [2.75, 3.05) is 6.73 Å². The number of benzene rings is 2. The van der Waals surface area contributed by atoms with Crippen LogP contribution >= 0.6 is 0 Å². The van der Waals surface area contributed by atoms with Gasteiger partial charge in [-0.2, -0.15) is 0 Å². The van der Waals surface area contributed by atoms with Gasteiger partial charge in [0.1, 0.15) is 24.0 Å². The predicted molar refractivity (Wildman–Crippen MR) is 111 cm³/mol. The fraction of sp³-hybridized carbons (Fsp3) is 0.174. The van der Waals surface area contributed by atoms with Crippen molar-refractivity contribution in [3.63, 3.8) is 0 Å². The summed E-state index contributed by atoms with van der Waals surface area (Å²) >= 11 is 0. The molecular weight excluding hydrogens is 400 g/mol. The molecule has 0 saturated heterocycles. The Labute approximate surface area is 177 Å². The first kappa shape index (κ1) is 19.1. The molecule has 31 heavy (non-hydrogen) atoms. The number of nitro groups is 1. The molecule has 2 aliphatic rings. The van der Waals surface area contributed by atoms with E-state index >= 15 is 0 Å². The van der Waals surface area contributed by atoms with E-state index in [1.807, 2.05) is 25.1 Å². The Morgan fingerprint density at radius 3 is 2.74 bits per heavy atom. The van der Waals surface area contributed by atoms with Crippen molar-refractivity contribution in [3.05, 3.63) is 92.6 Å². The van der Waals surface area contributed by atoms with Gasteiger partial charge in [0.2, 0.25) is 5.78 Å². The minimum atomic E-state index is -0.464. The Balaban J connectivity index is 1.45. The van der Waals surface area contributed by atoms with E-state index in [-0.39, 0.29) is 17.2 Å². The molecule has 0 aliphatic carbocycles. The summed E-state index contributed by atoms with van der Waals surface area (Å²) in [6.07, 6.45) is 3.23. The van der Waals surface area contributed by atoms with Crippen molar-refractivity contribution in [2.45, 2.75) is 20.0 Å². The third-order valence-electron chi connectivity index (χ3n) is 5.35. The summed E-state index contributed by atoms with van der Waals surface area (Å²) in [5, 5.41) is 10.8. The van der Waals surface area contributed by atoms with E-state index in [1.54, 1.807) is 24.5 Å². The molecule has 8 nitrogen and oxygen atoms in total. The molecule has 0 bridgehead atoms. The van der Waals surface area contributed by atoms with Gasteiger partial charge < -0.3 is 13.9 Å². The third-order valence-corrected chi connectivity index (χ3v) is 5.35. The molecule has 0 saturated carbocycles. The molecule has 0 atom stereocenters. The summed E-state index contributed by atoms with van der Waals surface area (Å²) in [5.41, 5.74) is 2.76. The van der Waals surface area contributed by atoms with E-state index in [1.165, 1.54) is 12.1 Å². The molecule has 2 aliphatic heterocycles. The van der Waals surface area contributed by atoms with Crippen LogP contribution in [-0.4, -0.2) is 22.3 Å². The molecule has 2 aromatic carbocycles. The molecular formula is C23H18N2O6. The lowest BCUT2D eigenvalue weighted by molar-refractivity contribution is -0.384. The van der Waals surface area contributed by atoms with E-state index < -0.39 is 4.92 Å². The zero-order valence-electron chi connectivity index (χ0n) is 16.7. The smallest absolute Gasteiger partial charge is 0.269 e. The van der Waals surface area contributed by atoms with E-state index in [4.69, 9.17) is 13.9 Å². The Morgan fingerprint density at radius 2 is 2.03 bits per heavy atom. The summed E-state index contributed by atoms with van der Waals surface area (Å²) < 4.78 is 17.4. The fourth-order valence-corrected chi connectivity index (χ4v) is 3.84. The van der Waals surface area contributed by atoms with E-state index in [2.05, 4.69) is 4.90 Å². The number of aryl methyl sites for hydroxylation is 1. The van der Waals surface area contributed by atoms with Gasteiger partial charge in [0.05, 0.1) is 28.9 Å². The molecule has 8 heteroatoms. The lowest BCUT2D eigenvalue weighted by atomic mass is 9.98. The summed E-state index contributed by atoms with van der Waals surface area (Å²) in [5.74, 6) is 2.01. The van der Waals surface area contributed by atoms with E-state index in [9.17, 15) is 14.9 Å². The average Bonchev–Trinajstić information content (AvgIpc) is 3.38. The first-order valence-electron chi connectivity index (χ1n) is 9.72. The maximum absolute atomic E-state index is 13.0. The number of fused-ring (bicyclic) bond motifs is 3. The van der Waals surface area contributed by atoms with E-state index in [0.717, 1.165) is 16.9 Å². The van der Waals surface area contributed by atoms with Crippen LogP contribution in [0.15, 0.2) is 58.9 Å². The second kappa shape index (κ2) is 7.41. The monoisotopic (exact) mass is 418 g/mol. The SMILES string of the molecule is Cc1cc2c(c3c1C(=O)/C(=C/c1ccc([N+](=O)[O-])cc1)O3)CN(Cc1ccco1)CO2. The van der Waals surface area contributed by atoms with Gasteiger partial charge >= 0.3 is 0 Å². The number of carbonyl (C=O) groups is 1. The number of non-ortho nitro benzene ring substituents is 1. The minimum Gasteiger partial charge on any atom is -0.478 e. The molecule has 0 amide bonds. The lowest BCUT2D eigenvalue weighted by Gasteiger charge is -2.29. The number of allylic oxidation sites excluding steroid dienone is 1. The van der Waals surface area contributed by atoms with Crippen LogP contribution in [0, 0.1) is 17.0 Å². The molecule has 3 aromatic rings. The number of furan rings is 1. The minimum absolute atomic E-state index is 0.0113. The zero-order valence-corrected chi connectivity index (χ0v) is 16.7. The highest BCUT2D eigenvalue weighted by atomic mass is 16.6. The first-order chi connectivity index (χ1) is 15.0. The van der Waals surface area contributed by atoms with Crippen molar-refractivity contribution >= 4 is 17.5 Å². The fourth-order valence-electron chi connectivity index (χ4n) is 3.84. The van der Waals surface area contributed by atoms with Crippen LogP contribution in [0.3, 0.4) is 0 Å². The Bertz CT molecular complexity index is 1210. The van der Waals surface area contributed by atoms with Crippen LogP contribution < -0.4 is 9.47 Å². The number of nitrogens with zero attached hydrogens (tertiary/aromatic N) is 2. The highest BCUT2D eigenvalue weighted by Gasteiger charge is 2.35. The quantitative estimate of drug-likeness (QED) is 0.351. The number of ether oxygens (including phenoxy) is 2. The summed E-state index contributed by atoms with van der Waals surface area (Å²) in [7, 11) is 0. The molecule has 0 unspecified atom stereocenters. The van der Waals surface area contributed by atoms with Crippen molar-refractivity contribution < 1.29 is 23.6 Å². The van der Waals surface area contributed by atoms with Crippen molar-refractivity contribution in [1.29, 1.82) is 0 Å². The van der Waals surface area contributed by atoms with Crippen molar-refractivity contribution in [3.8, 4) is 11.5 Å². The molecule has 0 radical (unpaired) electrons. The van der Waals surface area contributed by atoms with Crippen LogP contribution in [0.4, 0.5) is 5.69 Å². The lowest BCUT2D eigenvalue weighted by Crippen LogP contribution is -2.31. The third kappa shape index (κ3) is 3.47. The number of rotatable bonds is 4. The van der Waals surface area contributed by atoms with Gasteiger partial charge in [-0.3, -0.25) is 19.8 Å². The van der Waals surface area contributed by atoms with Gasteiger partial charge in [0.15, 0.2) is 5.76 Å². The average molecular weight is 418 g/mol. The number of ketones is 1. The molecule has 0 fully saturated rings. The summed E-state index contributed by atoms with van der Waals surface area (Å²) in [6, 6.07) is 11.6. The summed E-state index contributed by atoms with van der Waals surface area (Å²) in [6.45, 7) is 3.39. The standard InChI is InChI=1S/C23H18N2O6/c1-14-9-19-18(12-24(13-30-19)11-17-3-2-8-29-17)23-21(14)22(26)20(31-23)10-15-4-6-16(7-5-15)25(27)28/h2-10H,11-13H2,1H3/b20-10-. The molecule has 0 spiro atoms. The second-order valence-electron chi connectivity index (χ2n) is 7.50. The Kier molecular flexibility index (Phi) is 4.56. The van der Waals surface area contributed by atoms with Crippen molar-refractivity contribution in [2.24, 2.45) is 0 Å². The van der Waals surface area contributed by atoms with Gasteiger partial charge in [-0.15, -0.1) is 0 Å². The number of hydrogen-bond donors (Lipinski definition) is 0. The van der Waals surface area contributed by atoms with Gasteiger partial charge in [0, 0.05) is 18.7 Å². The van der Waals surface area contributed by atoms with Gasteiger partial charge in [-0.1, -0.05) is 0 Å². The number of carbonyl (C=O) groups excluding carboxylic acids is 1. The summed E-state index contributed by atoms with van der Waals surface area (Å²) in [4.78, 5) is 25.5. The maximum atomic E-state index is 13.0. The molecule has 3 heterocycles. The highest BCUT2D eigenvalue weighted by molar-refractivity contribution is 6.15. The van der Waals surface area contributed by atoms with Crippen LogP contribution in [0.1, 0.15) is 32.8 Å². The van der Waals surface area contributed by atoms with E-state index in [0.29, 0.717) is 42.4 Å². The largest absolute Gasteiger partial charge is 0.478 e. The van der Waals surface area contributed by atoms with Crippen LogP contribution in [0.5, 0.6) is 11.5 Å². The number of nitro benzene ring substituents is 1. The molecule has 5 rings (SSSR count). The second-order valence-corrected chi connectivity index (χ2v) is 7.50. The molecule has 1 aromatic heterocycles. The zero-order chi connectivity index (χ0) is 21.5. The topological polar surface area (TPSA) is 95.0 Å². The number of Topliss-reactive ketones (excluding diaryl/α,β-unsaturated/α-hetero) is 1. The first-order valence-corrected chi connectivity index (χ1v) is 9.72. The highest BCUT2D eigenvalue weighted by Crippen LogP contribution is 2.44. The normalized spacial score (nSPS) is 16.5. The van der Waals surface area contributed by atoms with Gasteiger partial charge in [0.25, 0.3) is 5.69 Å². The molecule has 0 N–H and O–H groups in total. The number of hydrogen-bond acceptors (Lipinski definition) is 7. The van der Waals surface area contributed by atoms with Crippen LogP contribution in [0.25, 0.3) is 6.08 Å².